The lowest BCUT2D eigenvalue weighted by Gasteiger charge is -2.63. The highest BCUT2D eigenvalue weighted by molar-refractivity contribution is 6.31. The van der Waals surface area contributed by atoms with Crippen LogP contribution in [0.1, 0.15) is 139 Å². The van der Waals surface area contributed by atoms with Crippen LogP contribution >= 0.6 is 11.6 Å². The van der Waals surface area contributed by atoms with Crippen molar-refractivity contribution < 1.29 is 28.9 Å². The molecule has 2 amide bonds. The van der Waals surface area contributed by atoms with Crippen LogP contribution in [0.3, 0.4) is 0 Å². The number of piperidine rings is 1. The fourth-order valence-electron chi connectivity index (χ4n) is 13.7. The van der Waals surface area contributed by atoms with Crippen molar-refractivity contribution >= 4 is 29.0 Å². The molecule has 0 bridgehead atoms. The number of carbonyl (C=O) groups is 2. The van der Waals surface area contributed by atoms with Gasteiger partial charge in [0.15, 0.2) is 0 Å². The van der Waals surface area contributed by atoms with E-state index in [9.17, 15) is 20.0 Å². The largest absolute Gasteiger partial charge is 0.489 e. The van der Waals surface area contributed by atoms with Crippen molar-refractivity contribution in [2.24, 2.45) is 22.7 Å². The highest BCUT2D eigenvalue weighted by Crippen LogP contribution is 2.56. The second-order valence-corrected chi connectivity index (χ2v) is 24.5. The molecule has 4 aliphatic heterocycles. The number of hydrogen-bond donors (Lipinski definition) is 4. The van der Waals surface area contributed by atoms with Gasteiger partial charge in [0.25, 0.3) is 0 Å². The summed E-state index contributed by atoms with van der Waals surface area (Å²) < 4.78 is 20.1. The molecule has 2 saturated carbocycles. The van der Waals surface area contributed by atoms with Gasteiger partial charge in [0, 0.05) is 86.5 Å². The van der Waals surface area contributed by atoms with Crippen molar-refractivity contribution in [3.05, 3.63) is 93.1 Å². The van der Waals surface area contributed by atoms with Gasteiger partial charge in [0.1, 0.15) is 35.7 Å². The SMILES string of the molecule is Cc1ccc(CCCOC2CCN(C3NCC(C(=O)NC4C(C)(C)C(Oc5ccc(C#N)c(Cl)c5)C4(C)C)CN3C3CCCCCC3)CC2)c(C)c1Oc1ccc(C(C)(C)O)cc1C1=CN(C)C(=O)C2NCCC12. The van der Waals surface area contributed by atoms with Gasteiger partial charge in [-0.05, 0) is 131 Å². The summed E-state index contributed by atoms with van der Waals surface area (Å²) in [6, 6.07) is 17.7. The third-order valence-electron chi connectivity index (χ3n) is 17.7. The first kappa shape index (κ1) is 54.3. The number of nitrogens with zero attached hydrogens (tertiary/aromatic N) is 4. The maximum Gasteiger partial charge on any atom is 0.244 e. The number of nitrogens with one attached hydrogen (secondary N) is 3. The Morgan fingerprint density at radius 3 is 2.38 bits per heavy atom. The molecule has 4 unspecified atom stereocenters. The average molecular weight is 1030 g/mol. The molecule has 4 N–H and O–H groups in total. The second kappa shape index (κ2) is 22.2. The summed E-state index contributed by atoms with van der Waals surface area (Å²) >= 11 is 6.36. The molecule has 3 saturated heterocycles. The van der Waals surface area contributed by atoms with Crippen LogP contribution in [0.4, 0.5) is 0 Å². The lowest BCUT2D eigenvalue weighted by Crippen LogP contribution is -2.75. The Bertz CT molecular complexity index is 2590. The number of amides is 2. The quantitative estimate of drug-likeness (QED) is 0.0851. The first-order valence-corrected chi connectivity index (χ1v) is 28.0. The summed E-state index contributed by atoms with van der Waals surface area (Å²) in [5, 5.41) is 31.6. The predicted molar refractivity (Wildman–Crippen MR) is 291 cm³/mol. The summed E-state index contributed by atoms with van der Waals surface area (Å²) in [5.74, 6) is 2.22. The normalized spacial score (nSPS) is 26.9. The summed E-state index contributed by atoms with van der Waals surface area (Å²) in [7, 11) is 1.81. The van der Waals surface area contributed by atoms with Gasteiger partial charge < -0.3 is 34.9 Å². The Labute approximate surface area is 445 Å². The van der Waals surface area contributed by atoms with Crippen molar-refractivity contribution in [3.8, 4) is 23.3 Å². The molecule has 14 heteroatoms. The van der Waals surface area contributed by atoms with Gasteiger partial charge in [0.05, 0.1) is 34.3 Å². The van der Waals surface area contributed by atoms with Gasteiger partial charge in [0.2, 0.25) is 11.8 Å². The number of carbonyl (C=O) groups excluding carboxylic acids is 2. The van der Waals surface area contributed by atoms with Crippen molar-refractivity contribution in [2.75, 3.05) is 46.4 Å². The maximum atomic E-state index is 14.3. The molecular formula is C60H82ClN7O6. The van der Waals surface area contributed by atoms with Crippen molar-refractivity contribution in [2.45, 2.75) is 168 Å². The number of likely N-dealkylation sites (N-methyl/N-ethyl adjacent to an activating group) is 1. The molecule has 0 radical (unpaired) electrons. The topological polar surface area (TPSA) is 152 Å². The Kier molecular flexibility index (Phi) is 16.3. The summed E-state index contributed by atoms with van der Waals surface area (Å²) in [4.78, 5) is 34.4. The number of nitriles is 1. The minimum absolute atomic E-state index is 0.0247. The van der Waals surface area contributed by atoms with Gasteiger partial charge in [-0.15, -0.1) is 0 Å². The van der Waals surface area contributed by atoms with Crippen LogP contribution in [-0.2, 0) is 26.3 Å². The molecule has 13 nitrogen and oxygen atoms in total. The monoisotopic (exact) mass is 1030 g/mol. The molecule has 9 rings (SSSR count). The number of ether oxygens (including phenoxy) is 3. The summed E-state index contributed by atoms with van der Waals surface area (Å²) in [5.41, 5.74) is 4.86. The molecule has 3 aromatic rings. The van der Waals surface area contributed by atoms with Crippen LogP contribution in [0.15, 0.2) is 54.7 Å². The first-order chi connectivity index (χ1) is 35.3. The smallest absolute Gasteiger partial charge is 0.244 e. The zero-order valence-electron chi connectivity index (χ0n) is 45.5. The van der Waals surface area contributed by atoms with Crippen LogP contribution in [-0.4, -0.2) is 115 Å². The van der Waals surface area contributed by atoms with Gasteiger partial charge in [-0.25, -0.2) is 0 Å². The van der Waals surface area contributed by atoms with Gasteiger partial charge >= 0.3 is 0 Å². The zero-order chi connectivity index (χ0) is 52.7. The van der Waals surface area contributed by atoms with Gasteiger partial charge in [-0.3, -0.25) is 24.7 Å². The minimum atomic E-state index is -1.04. The molecule has 6 aliphatic rings. The maximum absolute atomic E-state index is 14.3. The number of halogens is 1. The van der Waals surface area contributed by atoms with Crippen molar-refractivity contribution in [3.63, 3.8) is 0 Å². The molecule has 74 heavy (non-hydrogen) atoms. The Balaban J connectivity index is 0.792. The molecule has 4 atom stereocenters. The molecule has 0 spiro atoms. The van der Waals surface area contributed by atoms with E-state index in [2.05, 4.69) is 85.5 Å². The van der Waals surface area contributed by atoms with Crippen LogP contribution < -0.4 is 25.4 Å². The zero-order valence-corrected chi connectivity index (χ0v) is 46.2. The van der Waals surface area contributed by atoms with E-state index in [0.29, 0.717) is 41.3 Å². The fourth-order valence-corrected chi connectivity index (χ4v) is 13.9. The molecular weight excluding hydrogens is 950 g/mol. The number of rotatable bonds is 15. The molecule has 3 aromatic carbocycles. The van der Waals surface area contributed by atoms with E-state index in [1.807, 2.05) is 31.4 Å². The van der Waals surface area contributed by atoms with Crippen LogP contribution in [0.2, 0.25) is 5.02 Å². The molecule has 5 fully saturated rings. The van der Waals surface area contributed by atoms with E-state index in [0.717, 1.165) is 105 Å². The van der Waals surface area contributed by atoms with E-state index >= 15 is 0 Å². The number of fused-ring (bicyclic) bond motifs is 1. The highest BCUT2D eigenvalue weighted by atomic mass is 35.5. The highest BCUT2D eigenvalue weighted by Gasteiger charge is 2.64. The average Bonchev–Trinajstić information content (AvgIpc) is 3.74. The number of hydrogen-bond acceptors (Lipinski definition) is 11. The lowest BCUT2D eigenvalue weighted by atomic mass is 9.49. The third kappa shape index (κ3) is 11.2. The second-order valence-electron chi connectivity index (χ2n) is 24.1. The van der Waals surface area contributed by atoms with Crippen molar-refractivity contribution in [1.29, 1.82) is 5.26 Å². The van der Waals surface area contributed by atoms with Gasteiger partial charge in [-0.1, -0.05) is 83.2 Å². The molecule has 4 heterocycles. The Morgan fingerprint density at radius 2 is 1.69 bits per heavy atom. The van der Waals surface area contributed by atoms with E-state index < -0.39 is 5.60 Å². The van der Waals surface area contributed by atoms with E-state index in [-0.39, 0.29) is 65.1 Å². The lowest BCUT2D eigenvalue weighted by molar-refractivity contribution is -0.176. The van der Waals surface area contributed by atoms with Crippen LogP contribution in [0, 0.1) is 47.8 Å². The number of aliphatic hydroxyl groups is 1. The standard InChI is InChI=1S/C60H82ClN7O6/c1-37-18-19-39(38(2)52(37)74-50-23-21-42(60(7,8)71)31-47(50)48-36-66(9)54(70)51-46(48)24-27-63-51)15-14-30-72-44-25-28-67(29-26-44)57-64-34-41(35-68(57)43-16-12-10-11-13-17-43)53(69)65-55-58(3,4)56(59(55,5)6)73-45-22-20-40(33-62)49(61)32-45/h18-23,31-32,36,41,43-44,46,51,55-57,63-64,71H,10-17,24-30,34-35H2,1-9H3,(H,65,69). The number of aryl methyl sites for hydroxylation is 2. The van der Waals surface area contributed by atoms with Crippen LogP contribution in [0.25, 0.3) is 5.57 Å². The van der Waals surface area contributed by atoms with E-state index in [1.165, 1.54) is 31.2 Å². The van der Waals surface area contributed by atoms with Crippen LogP contribution in [0.5, 0.6) is 17.2 Å². The molecule has 2 aliphatic carbocycles. The first-order valence-electron chi connectivity index (χ1n) is 27.6. The predicted octanol–water partition coefficient (Wildman–Crippen LogP) is 9.58. The third-order valence-corrected chi connectivity index (χ3v) is 18.0. The number of benzene rings is 3. The van der Waals surface area contributed by atoms with E-state index in [4.69, 9.17) is 25.8 Å². The fraction of sp³-hybridized carbons (Fsp3) is 0.617. The minimum Gasteiger partial charge on any atom is -0.489 e. The van der Waals surface area contributed by atoms with Crippen molar-refractivity contribution in [1.82, 2.24) is 30.7 Å². The summed E-state index contributed by atoms with van der Waals surface area (Å²) in [6.07, 6.45) is 14.0. The molecule has 0 aromatic heterocycles. The van der Waals surface area contributed by atoms with Gasteiger partial charge in [-0.2, -0.15) is 5.26 Å². The summed E-state index contributed by atoms with van der Waals surface area (Å²) in [6.45, 7) is 21.2. The Morgan fingerprint density at radius 1 is 0.959 bits per heavy atom. The Hall–Kier alpha value is -4.52. The number of likely N-dealkylation sites (tertiary alicyclic amines) is 1. The molecule has 400 valence electrons. The van der Waals surface area contributed by atoms with E-state index in [1.54, 1.807) is 36.9 Å².